The number of hydrogen-bond donors (Lipinski definition) is 2. The van der Waals surface area contributed by atoms with E-state index in [2.05, 4.69) is 6.92 Å². The number of thioether (sulfide) groups is 2. The van der Waals surface area contributed by atoms with E-state index in [1.165, 1.54) is 11.8 Å². The quantitative estimate of drug-likeness (QED) is 0.475. The predicted molar refractivity (Wildman–Crippen MR) is 117 cm³/mol. The van der Waals surface area contributed by atoms with Gasteiger partial charge < -0.3 is 15.1 Å². The highest BCUT2D eigenvalue weighted by Gasteiger charge is 2.33. The fraction of sp³-hybridized carbons (Fsp3) is 0.263. The molecule has 0 spiro atoms. The summed E-state index contributed by atoms with van der Waals surface area (Å²) >= 11 is 7.68. The van der Waals surface area contributed by atoms with Crippen LogP contribution in [-0.2, 0) is 9.59 Å². The van der Waals surface area contributed by atoms with Gasteiger partial charge in [0.05, 0.1) is 21.2 Å². The number of unbranched alkanes of at least 4 members (excludes halogenated alkanes) is 1. The summed E-state index contributed by atoms with van der Waals surface area (Å²) in [5.41, 5.74) is 1.06. The highest BCUT2D eigenvalue weighted by molar-refractivity contribution is 8.26. The van der Waals surface area contributed by atoms with Gasteiger partial charge in [0.15, 0.2) is 0 Å². The first kappa shape index (κ1) is 21.4. The van der Waals surface area contributed by atoms with E-state index in [-0.39, 0.29) is 9.88 Å². The molecule has 3 rings (SSSR count). The Labute approximate surface area is 181 Å². The maximum atomic E-state index is 12.4. The van der Waals surface area contributed by atoms with Gasteiger partial charge in [0.2, 0.25) is 0 Å². The highest BCUT2D eigenvalue weighted by atomic mass is 32.2. The van der Waals surface area contributed by atoms with Gasteiger partial charge in [-0.25, -0.2) is 4.79 Å². The van der Waals surface area contributed by atoms with E-state index in [9.17, 15) is 19.5 Å². The van der Waals surface area contributed by atoms with Gasteiger partial charge in [-0.15, -0.1) is 0 Å². The average Bonchev–Trinajstić information content (AvgIpc) is 3.15. The first-order chi connectivity index (χ1) is 13.8. The van der Waals surface area contributed by atoms with Gasteiger partial charge in [0, 0.05) is 11.4 Å². The lowest BCUT2D eigenvalue weighted by Gasteiger charge is -2.20. The molecule has 2 heterocycles. The van der Waals surface area contributed by atoms with E-state index in [0.29, 0.717) is 4.91 Å². The van der Waals surface area contributed by atoms with Crippen molar-refractivity contribution in [3.8, 4) is 0 Å². The zero-order chi connectivity index (χ0) is 21.1. The number of nitrogens with zero attached hydrogens (tertiary/aromatic N) is 2. The minimum absolute atomic E-state index is 0.221. The molecule has 0 unspecified atom stereocenters. The number of fused-ring (bicyclic) bond motifs is 1. The summed E-state index contributed by atoms with van der Waals surface area (Å²) < 4.78 is 0.221. The average molecular weight is 451 g/mol. The Morgan fingerprint density at radius 2 is 1.93 bits per heavy atom. The van der Waals surface area contributed by atoms with Crippen LogP contribution in [0, 0.1) is 0 Å². The van der Waals surface area contributed by atoms with Crippen molar-refractivity contribution in [1.82, 2.24) is 4.90 Å². The number of rotatable bonds is 7. The van der Waals surface area contributed by atoms with Crippen LogP contribution in [0.1, 0.15) is 30.1 Å². The van der Waals surface area contributed by atoms with Crippen molar-refractivity contribution in [2.24, 2.45) is 0 Å². The molecule has 1 aromatic carbocycles. The topological polar surface area (TPSA) is 98.2 Å². The third-order valence-electron chi connectivity index (χ3n) is 4.26. The zero-order valence-corrected chi connectivity index (χ0v) is 17.9. The zero-order valence-electron chi connectivity index (χ0n) is 15.5. The Hall–Kier alpha value is -2.30. The van der Waals surface area contributed by atoms with Crippen LogP contribution in [0.4, 0.5) is 5.69 Å². The largest absolute Gasteiger partial charge is 0.480 e. The number of thiocarbonyl (C=S) groups is 1. The standard InChI is InChI=1S/C19H18N2O5S3/c1-2-3-8-20-12-9-11(18(25)26)4-5-13(12)28-15(20)7-6-14-17(24)21(10-16(22)23)19(27)29-14/h4-7,9H,2-3,8,10H2,1H3,(H,22,23)(H,25,26)/b14-6+,15-7-. The van der Waals surface area contributed by atoms with Crippen LogP contribution in [0.5, 0.6) is 0 Å². The fourth-order valence-corrected chi connectivity index (χ4v) is 5.10. The van der Waals surface area contributed by atoms with Crippen molar-refractivity contribution < 1.29 is 24.6 Å². The van der Waals surface area contributed by atoms with Crippen molar-refractivity contribution in [3.63, 3.8) is 0 Å². The summed E-state index contributed by atoms with van der Waals surface area (Å²) in [5, 5.41) is 19.1. The van der Waals surface area contributed by atoms with E-state index >= 15 is 0 Å². The molecule has 1 amide bonds. The second-order valence-corrected chi connectivity index (χ2v) is 9.02. The summed E-state index contributed by atoms with van der Waals surface area (Å²) in [7, 11) is 0. The monoisotopic (exact) mass is 450 g/mol. The van der Waals surface area contributed by atoms with Crippen molar-refractivity contribution in [3.05, 3.63) is 45.8 Å². The number of carboxylic acid groups (broad SMARTS) is 2. The highest BCUT2D eigenvalue weighted by Crippen LogP contribution is 2.46. The molecule has 1 fully saturated rings. The van der Waals surface area contributed by atoms with Gasteiger partial charge in [-0.3, -0.25) is 14.5 Å². The second-order valence-electron chi connectivity index (χ2n) is 6.28. The molecule has 0 saturated carbocycles. The third-order valence-corrected chi connectivity index (χ3v) is 6.78. The summed E-state index contributed by atoms with van der Waals surface area (Å²) in [6, 6.07) is 5.02. The van der Waals surface area contributed by atoms with Gasteiger partial charge in [-0.2, -0.15) is 0 Å². The van der Waals surface area contributed by atoms with Crippen molar-refractivity contribution >= 4 is 63.6 Å². The molecule has 0 atom stereocenters. The molecule has 0 aliphatic carbocycles. The smallest absolute Gasteiger partial charge is 0.335 e. The van der Waals surface area contributed by atoms with E-state index < -0.39 is 24.4 Å². The number of hydrogen-bond acceptors (Lipinski definition) is 7. The molecule has 10 heteroatoms. The van der Waals surface area contributed by atoms with E-state index in [4.69, 9.17) is 17.3 Å². The van der Waals surface area contributed by atoms with Crippen LogP contribution >= 0.6 is 35.7 Å². The molecular formula is C19H18N2O5S3. The Kier molecular flexibility index (Phi) is 6.66. The molecule has 7 nitrogen and oxygen atoms in total. The lowest BCUT2D eigenvalue weighted by Crippen LogP contribution is -2.33. The van der Waals surface area contributed by atoms with E-state index in [1.807, 2.05) is 4.90 Å². The van der Waals surface area contributed by atoms with Crippen molar-refractivity contribution in [1.29, 1.82) is 0 Å². The molecule has 2 aliphatic rings. The molecule has 152 valence electrons. The third kappa shape index (κ3) is 4.65. The van der Waals surface area contributed by atoms with Gasteiger partial charge in [-0.1, -0.05) is 49.1 Å². The first-order valence-electron chi connectivity index (χ1n) is 8.82. The molecule has 1 saturated heterocycles. The molecule has 0 radical (unpaired) electrons. The summed E-state index contributed by atoms with van der Waals surface area (Å²) in [6.07, 6.45) is 5.35. The molecule has 0 aromatic heterocycles. The summed E-state index contributed by atoms with van der Waals surface area (Å²) in [4.78, 5) is 39.1. The molecular weight excluding hydrogens is 432 g/mol. The molecule has 0 bridgehead atoms. The molecule has 1 aromatic rings. The van der Waals surface area contributed by atoms with Gasteiger partial charge in [0.1, 0.15) is 10.9 Å². The number of carboxylic acids is 2. The summed E-state index contributed by atoms with van der Waals surface area (Å²) in [5.74, 6) is -2.52. The van der Waals surface area contributed by atoms with Gasteiger partial charge in [0.25, 0.3) is 5.91 Å². The molecule has 2 aliphatic heterocycles. The van der Waals surface area contributed by atoms with Crippen LogP contribution in [0.3, 0.4) is 0 Å². The second kappa shape index (κ2) is 9.02. The number of aromatic carboxylic acids is 1. The normalized spacial score (nSPS) is 18.8. The van der Waals surface area contributed by atoms with Crippen molar-refractivity contribution in [2.45, 2.75) is 24.7 Å². The van der Waals surface area contributed by atoms with Crippen molar-refractivity contribution in [2.75, 3.05) is 18.0 Å². The van der Waals surface area contributed by atoms with Crippen LogP contribution in [-0.4, -0.2) is 50.4 Å². The van der Waals surface area contributed by atoms with Gasteiger partial charge in [-0.05, 0) is 36.8 Å². The molecule has 2 N–H and O–H groups in total. The maximum Gasteiger partial charge on any atom is 0.335 e. The van der Waals surface area contributed by atoms with Crippen LogP contribution in [0.25, 0.3) is 0 Å². The number of benzene rings is 1. The Bertz CT molecular complexity index is 957. The number of carbonyl (C=O) groups is 3. The van der Waals surface area contributed by atoms with Crippen LogP contribution in [0.2, 0.25) is 0 Å². The number of carbonyl (C=O) groups excluding carboxylic acids is 1. The summed E-state index contributed by atoms with van der Waals surface area (Å²) in [6.45, 7) is 2.34. The Balaban J connectivity index is 1.89. The number of anilines is 1. The number of amides is 1. The van der Waals surface area contributed by atoms with Crippen LogP contribution in [0.15, 0.2) is 45.2 Å². The lowest BCUT2D eigenvalue weighted by atomic mass is 10.2. The van der Waals surface area contributed by atoms with E-state index in [0.717, 1.165) is 51.7 Å². The van der Waals surface area contributed by atoms with Gasteiger partial charge >= 0.3 is 11.9 Å². The maximum absolute atomic E-state index is 12.4. The SMILES string of the molecule is CCCCN1/C(=C/C=C2/SC(=S)N(CC(=O)O)C2=O)Sc2ccc(C(=O)O)cc21. The Morgan fingerprint density at radius 3 is 2.59 bits per heavy atom. The predicted octanol–water partition coefficient (Wildman–Crippen LogP) is 3.77. The minimum Gasteiger partial charge on any atom is -0.480 e. The minimum atomic E-state index is -1.12. The first-order valence-corrected chi connectivity index (χ1v) is 10.9. The fourth-order valence-electron chi connectivity index (χ4n) is 2.84. The molecule has 29 heavy (non-hydrogen) atoms. The van der Waals surface area contributed by atoms with E-state index in [1.54, 1.807) is 30.4 Å². The Morgan fingerprint density at radius 1 is 1.17 bits per heavy atom. The number of allylic oxidation sites excluding steroid dienone is 2. The number of aliphatic carboxylic acids is 1. The van der Waals surface area contributed by atoms with Crippen LogP contribution < -0.4 is 4.90 Å². The lowest BCUT2D eigenvalue weighted by molar-refractivity contribution is -0.140.